The van der Waals surface area contributed by atoms with Crippen molar-refractivity contribution in [3.05, 3.63) is 35.9 Å². The van der Waals surface area contributed by atoms with Crippen LogP contribution < -0.4 is 5.73 Å². The second kappa shape index (κ2) is 7.13. The Morgan fingerprint density at radius 3 is 2.52 bits per heavy atom. The average molecular weight is 315 g/mol. The highest BCUT2D eigenvalue weighted by atomic mass is 16.2. The van der Waals surface area contributed by atoms with Crippen LogP contribution in [0, 0.1) is 11.8 Å². The number of carbonyl (C=O) groups is 2. The van der Waals surface area contributed by atoms with Gasteiger partial charge in [0.15, 0.2) is 0 Å². The second-order valence-corrected chi connectivity index (χ2v) is 6.63. The van der Waals surface area contributed by atoms with Crippen LogP contribution in [0.1, 0.15) is 29.6 Å². The van der Waals surface area contributed by atoms with E-state index >= 15 is 0 Å². The van der Waals surface area contributed by atoms with Gasteiger partial charge in [0.2, 0.25) is 5.91 Å². The van der Waals surface area contributed by atoms with E-state index in [-0.39, 0.29) is 17.7 Å². The first kappa shape index (κ1) is 16.0. The summed E-state index contributed by atoms with van der Waals surface area (Å²) in [5.74, 6) is 0.605. The van der Waals surface area contributed by atoms with E-state index in [0.717, 1.165) is 38.9 Å². The lowest BCUT2D eigenvalue weighted by atomic mass is 9.96. The van der Waals surface area contributed by atoms with Crippen molar-refractivity contribution in [1.82, 2.24) is 9.80 Å². The monoisotopic (exact) mass is 315 g/mol. The van der Waals surface area contributed by atoms with E-state index in [2.05, 4.69) is 0 Å². The van der Waals surface area contributed by atoms with Crippen molar-refractivity contribution in [2.75, 3.05) is 32.7 Å². The summed E-state index contributed by atoms with van der Waals surface area (Å²) in [5.41, 5.74) is 6.41. The molecule has 124 valence electrons. The highest BCUT2D eigenvalue weighted by Gasteiger charge is 2.34. The minimum atomic E-state index is -0.0621. The molecular formula is C18H25N3O2. The van der Waals surface area contributed by atoms with Gasteiger partial charge in [0.25, 0.3) is 5.91 Å². The van der Waals surface area contributed by atoms with E-state index in [9.17, 15) is 9.59 Å². The molecule has 23 heavy (non-hydrogen) atoms. The summed E-state index contributed by atoms with van der Waals surface area (Å²) in [4.78, 5) is 29.1. The smallest absolute Gasteiger partial charge is 0.253 e. The maximum Gasteiger partial charge on any atom is 0.253 e. The van der Waals surface area contributed by atoms with Crippen molar-refractivity contribution in [1.29, 1.82) is 0 Å². The fourth-order valence-corrected chi connectivity index (χ4v) is 3.61. The van der Waals surface area contributed by atoms with Gasteiger partial charge in [-0.3, -0.25) is 9.59 Å². The van der Waals surface area contributed by atoms with Crippen LogP contribution in [0.5, 0.6) is 0 Å². The summed E-state index contributed by atoms with van der Waals surface area (Å²) in [6.45, 7) is 3.51. The number of piperidine rings is 1. The minimum absolute atomic E-state index is 0.0318. The average Bonchev–Trinajstić information content (AvgIpc) is 3.10. The molecule has 2 aliphatic heterocycles. The van der Waals surface area contributed by atoms with Crippen LogP contribution in [-0.4, -0.2) is 54.3 Å². The van der Waals surface area contributed by atoms with Crippen LogP contribution in [0.25, 0.3) is 0 Å². The summed E-state index contributed by atoms with van der Waals surface area (Å²) in [7, 11) is 0. The Kier molecular flexibility index (Phi) is 4.96. The van der Waals surface area contributed by atoms with Gasteiger partial charge in [0.05, 0.1) is 5.92 Å². The number of hydrogen-bond donors (Lipinski definition) is 1. The maximum absolute atomic E-state index is 12.7. The Hall–Kier alpha value is -1.88. The first-order valence-electron chi connectivity index (χ1n) is 8.52. The van der Waals surface area contributed by atoms with Crippen molar-refractivity contribution in [2.24, 2.45) is 17.6 Å². The summed E-state index contributed by atoms with van der Waals surface area (Å²) in [5, 5.41) is 0. The SMILES string of the molecule is NCC1CCN(C(=O)C2CCCN(C(=O)c3ccccc3)C2)C1. The van der Waals surface area contributed by atoms with E-state index in [1.54, 1.807) is 0 Å². The highest BCUT2D eigenvalue weighted by molar-refractivity contribution is 5.94. The van der Waals surface area contributed by atoms with E-state index in [0.29, 0.717) is 24.6 Å². The van der Waals surface area contributed by atoms with Crippen LogP contribution in [0.2, 0.25) is 0 Å². The minimum Gasteiger partial charge on any atom is -0.342 e. The Labute approximate surface area is 137 Å². The third-order valence-electron chi connectivity index (χ3n) is 5.01. The number of rotatable bonds is 3. The van der Waals surface area contributed by atoms with Crippen molar-refractivity contribution in [3.8, 4) is 0 Å². The molecule has 2 unspecified atom stereocenters. The van der Waals surface area contributed by atoms with E-state index in [1.165, 1.54) is 0 Å². The predicted octanol–water partition coefficient (Wildman–Crippen LogP) is 1.35. The van der Waals surface area contributed by atoms with Crippen LogP contribution in [0.4, 0.5) is 0 Å². The molecule has 2 N–H and O–H groups in total. The lowest BCUT2D eigenvalue weighted by molar-refractivity contribution is -0.136. The number of nitrogens with zero attached hydrogens (tertiary/aromatic N) is 2. The topological polar surface area (TPSA) is 66.6 Å². The fraction of sp³-hybridized carbons (Fsp3) is 0.556. The normalized spacial score (nSPS) is 24.7. The van der Waals surface area contributed by atoms with Gasteiger partial charge in [-0.05, 0) is 43.9 Å². The molecule has 0 saturated carbocycles. The molecule has 2 fully saturated rings. The van der Waals surface area contributed by atoms with Crippen LogP contribution in [-0.2, 0) is 4.79 Å². The molecule has 0 radical (unpaired) electrons. The molecule has 2 amide bonds. The molecule has 2 heterocycles. The lowest BCUT2D eigenvalue weighted by Gasteiger charge is -2.34. The standard InChI is InChI=1S/C18H25N3O2/c19-11-14-8-10-21(12-14)18(23)16-7-4-9-20(13-16)17(22)15-5-2-1-3-6-15/h1-3,5-6,14,16H,4,7-13,19H2. The van der Waals surface area contributed by atoms with E-state index < -0.39 is 0 Å². The zero-order valence-electron chi connectivity index (χ0n) is 13.5. The molecule has 5 heteroatoms. The summed E-state index contributed by atoms with van der Waals surface area (Å²) < 4.78 is 0. The zero-order chi connectivity index (χ0) is 16.2. The number of benzene rings is 1. The number of nitrogens with two attached hydrogens (primary N) is 1. The number of amides is 2. The largest absolute Gasteiger partial charge is 0.342 e. The van der Waals surface area contributed by atoms with Gasteiger partial charge in [-0.15, -0.1) is 0 Å². The van der Waals surface area contributed by atoms with Gasteiger partial charge in [-0.2, -0.15) is 0 Å². The van der Waals surface area contributed by atoms with E-state index in [1.807, 2.05) is 40.1 Å². The van der Waals surface area contributed by atoms with E-state index in [4.69, 9.17) is 5.73 Å². The van der Waals surface area contributed by atoms with Crippen LogP contribution in [0.15, 0.2) is 30.3 Å². The van der Waals surface area contributed by atoms with Gasteiger partial charge in [-0.1, -0.05) is 18.2 Å². The molecule has 0 spiro atoms. The molecule has 0 bridgehead atoms. The molecule has 0 aromatic heterocycles. The molecule has 5 nitrogen and oxygen atoms in total. The fourth-order valence-electron chi connectivity index (χ4n) is 3.61. The lowest BCUT2D eigenvalue weighted by Crippen LogP contribution is -2.46. The first-order chi connectivity index (χ1) is 11.2. The van der Waals surface area contributed by atoms with Gasteiger partial charge in [0.1, 0.15) is 0 Å². The van der Waals surface area contributed by atoms with Crippen molar-refractivity contribution < 1.29 is 9.59 Å². The number of carbonyl (C=O) groups excluding carboxylic acids is 2. The third-order valence-corrected chi connectivity index (χ3v) is 5.01. The van der Waals surface area contributed by atoms with Crippen molar-refractivity contribution in [3.63, 3.8) is 0 Å². The zero-order valence-corrected chi connectivity index (χ0v) is 13.5. The molecule has 0 aliphatic carbocycles. The summed E-state index contributed by atoms with van der Waals surface area (Å²) in [6.07, 6.45) is 2.77. The Morgan fingerprint density at radius 1 is 1.04 bits per heavy atom. The maximum atomic E-state index is 12.7. The molecular weight excluding hydrogens is 290 g/mol. The Bertz CT molecular complexity index is 561. The van der Waals surface area contributed by atoms with Gasteiger partial charge in [-0.25, -0.2) is 0 Å². The van der Waals surface area contributed by atoms with Gasteiger partial charge >= 0.3 is 0 Å². The van der Waals surface area contributed by atoms with Crippen molar-refractivity contribution >= 4 is 11.8 Å². The predicted molar refractivity (Wildman–Crippen MR) is 88.8 cm³/mol. The summed E-state index contributed by atoms with van der Waals surface area (Å²) in [6, 6.07) is 9.31. The second-order valence-electron chi connectivity index (χ2n) is 6.63. The summed E-state index contributed by atoms with van der Waals surface area (Å²) >= 11 is 0. The first-order valence-corrected chi connectivity index (χ1v) is 8.52. The molecule has 3 rings (SSSR count). The Morgan fingerprint density at radius 2 is 1.83 bits per heavy atom. The van der Waals surface area contributed by atoms with Crippen molar-refractivity contribution in [2.45, 2.75) is 19.3 Å². The molecule has 2 aliphatic rings. The number of hydrogen-bond acceptors (Lipinski definition) is 3. The molecule has 2 atom stereocenters. The third kappa shape index (κ3) is 3.55. The highest BCUT2D eigenvalue weighted by Crippen LogP contribution is 2.24. The van der Waals surface area contributed by atoms with Crippen LogP contribution >= 0.6 is 0 Å². The molecule has 2 saturated heterocycles. The quantitative estimate of drug-likeness (QED) is 0.915. The number of likely N-dealkylation sites (tertiary alicyclic amines) is 2. The molecule has 1 aromatic carbocycles. The van der Waals surface area contributed by atoms with Gasteiger partial charge in [0, 0.05) is 31.7 Å². The van der Waals surface area contributed by atoms with Crippen LogP contribution in [0.3, 0.4) is 0 Å². The molecule has 1 aromatic rings. The van der Waals surface area contributed by atoms with Gasteiger partial charge < -0.3 is 15.5 Å². The Balaban J connectivity index is 1.62.